The van der Waals surface area contributed by atoms with Crippen molar-refractivity contribution < 1.29 is 23.8 Å². The minimum Gasteiger partial charge on any atom is -0.493 e. The van der Waals surface area contributed by atoms with E-state index in [1.165, 1.54) is 33.5 Å². The van der Waals surface area contributed by atoms with Crippen LogP contribution in [0.1, 0.15) is 33.7 Å². The first-order valence-corrected chi connectivity index (χ1v) is 12.4. The molecule has 2 amide bonds. The zero-order chi connectivity index (χ0) is 28.6. The number of nitrogens with zero attached hydrogens (tertiary/aromatic N) is 1. The number of carbonyl (C=O) groups is 2. The summed E-state index contributed by atoms with van der Waals surface area (Å²) in [4.78, 5) is 30.1. The third-order valence-electron chi connectivity index (χ3n) is 6.14. The van der Waals surface area contributed by atoms with Crippen LogP contribution in [0, 0.1) is 6.92 Å². The van der Waals surface area contributed by atoms with Crippen molar-refractivity contribution >= 4 is 29.1 Å². The minimum absolute atomic E-state index is 0. The minimum atomic E-state index is -0.514. The van der Waals surface area contributed by atoms with Crippen molar-refractivity contribution in [3.05, 3.63) is 102 Å². The van der Waals surface area contributed by atoms with Crippen molar-refractivity contribution in [1.29, 1.82) is 0 Å². The van der Waals surface area contributed by atoms with E-state index in [4.69, 9.17) is 19.9 Å². The van der Waals surface area contributed by atoms with Gasteiger partial charge < -0.3 is 25.3 Å². The Morgan fingerprint density at radius 3 is 1.93 bits per heavy atom. The number of amides is 2. The van der Waals surface area contributed by atoms with Gasteiger partial charge in [-0.15, -0.1) is 0 Å². The number of hydrogen-bond donors (Lipinski definition) is 3. The van der Waals surface area contributed by atoms with E-state index < -0.39 is 5.91 Å². The number of hydrogen-bond acceptors (Lipinski definition) is 6. The fourth-order valence-electron chi connectivity index (χ4n) is 4.02. The van der Waals surface area contributed by atoms with Gasteiger partial charge in [0.25, 0.3) is 11.8 Å². The second-order valence-electron chi connectivity index (χ2n) is 8.76. The summed E-state index contributed by atoms with van der Waals surface area (Å²) < 4.78 is 15.9. The van der Waals surface area contributed by atoms with Crippen LogP contribution in [0.15, 0.2) is 89.9 Å². The van der Waals surface area contributed by atoms with Crippen LogP contribution in [0.2, 0.25) is 0 Å². The second kappa shape index (κ2) is 13.7. The standard InChI is InChI=1S/C31H30N4O5.CH4/c1-19-10-15-24(33-31(32)35-30(37)23-16-26(38-2)28(40-4)27(17-23)39-3)18-25(19)34-29(36)22-13-11-21(12-14-22)20-8-6-5-7-9-20;/h5-18H,1-4H3,(H,34,36)(H3,32,33,35,37);1H4. The van der Waals surface area contributed by atoms with Crippen LogP contribution in [0.25, 0.3) is 11.1 Å². The number of anilines is 1. The van der Waals surface area contributed by atoms with Gasteiger partial charge in [-0.1, -0.05) is 56.0 Å². The van der Waals surface area contributed by atoms with E-state index in [0.717, 1.165) is 16.7 Å². The molecule has 41 heavy (non-hydrogen) atoms. The molecule has 0 aliphatic heterocycles. The molecule has 0 spiro atoms. The summed E-state index contributed by atoms with van der Waals surface area (Å²) in [6.45, 7) is 1.87. The number of aliphatic imine (C=N–C) groups is 1. The van der Waals surface area contributed by atoms with Crippen LogP contribution < -0.4 is 30.6 Å². The van der Waals surface area contributed by atoms with Gasteiger partial charge in [0.15, 0.2) is 11.5 Å². The molecular formula is C32H34N4O5. The lowest BCUT2D eigenvalue weighted by Crippen LogP contribution is -2.36. The number of guanidine groups is 1. The van der Waals surface area contributed by atoms with E-state index >= 15 is 0 Å². The molecular weight excluding hydrogens is 520 g/mol. The van der Waals surface area contributed by atoms with Gasteiger partial charge in [-0.2, -0.15) is 0 Å². The summed E-state index contributed by atoms with van der Waals surface area (Å²) in [7, 11) is 4.40. The lowest BCUT2D eigenvalue weighted by atomic mass is 10.0. The number of benzene rings is 4. The molecule has 0 heterocycles. The molecule has 0 saturated heterocycles. The molecule has 0 aromatic heterocycles. The Balaban J connectivity index is 0.00000462. The lowest BCUT2D eigenvalue weighted by molar-refractivity contribution is 0.0974. The number of aryl methyl sites for hydroxylation is 1. The first-order chi connectivity index (χ1) is 19.3. The van der Waals surface area contributed by atoms with E-state index in [0.29, 0.717) is 34.2 Å². The van der Waals surface area contributed by atoms with E-state index in [9.17, 15) is 9.59 Å². The average Bonchev–Trinajstić information content (AvgIpc) is 2.98. The third-order valence-corrected chi connectivity index (χ3v) is 6.14. The molecule has 0 aliphatic carbocycles. The predicted molar refractivity (Wildman–Crippen MR) is 163 cm³/mol. The normalized spacial score (nSPS) is 10.7. The molecule has 0 radical (unpaired) electrons. The van der Waals surface area contributed by atoms with Gasteiger partial charge in [0.2, 0.25) is 11.7 Å². The Morgan fingerprint density at radius 1 is 0.732 bits per heavy atom. The Kier molecular flexibility index (Phi) is 10.1. The Morgan fingerprint density at radius 2 is 1.34 bits per heavy atom. The Bertz CT molecular complexity index is 1530. The maximum Gasteiger partial charge on any atom is 0.258 e. The SMILES string of the molecule is C.COc1cc(C(=O)NC(N)=Nc2ccc(C)c(NC(=O)c3ccc(-c4ccccc4)cc3)c2)cc(OC)c1OC. The molecule has 9 heteroatoms. The van der Waals surface area contributed by atoms with E-state index in [-0.39, 0.29) is 24.9 Å². The van der Waals surface area contributed by atoms with E-state index in [1.54, 1.807) is 30.3 Å². The molecule has 0 bridgehead atoms. The fraction of sp³-hybridized carbons (Fsp3) is 0.156. The van der Waals surface area contributed by atoms with Crippen molar-refractivity contribution in [3.63, 3.8) is 0 Å². The fourth-order valence-corrected chi connectivity index (χ4v) is 4.02. The highest BCUT2D eigenvalue weighted by atomic mass is 16.5. The van der Waals surface area contributed by atoms with Crippen molar-refractivity contribution in [3.8, 4) is 28.4 Å². The van der Waals surface area contributed by atoms with Crippen LogP contribution in [0.3, 0.4) is 0 Å². The highest BCUT2D eigenvalue weighted by Crippen LogP contribution is 2.38. The summed E-state index contributed by atoms with van der Waals surface area (Å²) in [5, 5.41) is 5.48. The highest BCUT2D eigenvalue weighted by molar-refractivity contribution is 6.07. The number of carbonyl (C=O) groups excluding carboxylic acids is 2. The van der Waals surface area contributed by atoms with E-state index in [1.807, 2.05) is 49.4 Å². The van der Waals surface area contributed by atoms with Crippen LogP contribution >= 0.6 is 0 Å². The molecule has 4 N–H and O–H groups in total. The molecule has 0 fully saturated rings. The van der Waals surface area contributed by atoms with Gasteiger partial charge in [-0.25, -0.2) is 4.99 Å². The number of ether oxygens (including phenoxy) is 3. The summed E-state index contributed by atoms with van der Waals surface area (Å²) in [6, 6.07) is 25.6. The second-order valence-corrected chi connectivity index (χ2v) is 8.76. The van der Waals surface area contributed by atoms with Gasteiger partial charge in [-0.3, -0.25) is 14.9 Å². The number of methoxy groups -OCH3 is 3. The smallest absolute Gasteiger partial charge is 0.258 e. The monoisotopic (exact) mass is 554 g/mol. The van der Waals surface area contributed by atoms with Gasteiger partial charge in [0.05, 0.1) is 27.0 Å². The molecule has 0 saturated carbocycles. The molecule has 9 nitrogen and oxygen atoms in total. The van der Waals surface area contributed by atoms with Crippen molar-refractivity contribution in [1.82, 2.24) is 5.32 Å². The van der Waals surface area contributed by atoms with Crippen LogP contribution in [0.4, 0.5) is 11.4 Å². The summed E-state index contributed by atoms with van der Waals surface area (Å²) in [6.07, 6.45) is 0. The largest absolute Gasteiger partial charge is 0.493 e. The van der Waals surface area contributed by atoms with Crippen molar-refractivity contribution in [2.75, 3.05) is 26.6 Å². The topological polar surface area (TPSA) is 124 Å². The van der Waals surface area contributed by atoms with Crippen molar-refractivity contribution in [2.24, 2.45) is 10.7 Å². The highest BCUT2D eigenvalue weighted by Gasteiger charge is 2.17. The van der Waals surface area contributed by atoms with E-state index in [2.05, 4.69) is 15.6 Å². The molecule has 0 aliphatic rings. The number of nitrogens with one attached hydrogen (secondary N) is 2. The molecule has 212 valence electrons. The number of nitrogens with two attached hydrogens (primary N) is 1. The first-order valence-electron chi connectivity index (χ1n) is 12.4. The van der Waals surface area contributed by atoms with Gasteiger partial charge in [-0.05, 0) is 60.0 Å². The van der Waals surface area contributed by atoms with Gasteiger partial charge in [0, 0.05) is 16.8 Å². The molecule has 0 unspecified atom stereocenters. The molecule has 0 atom stereocenters. The predicted octanol–water partition coefficient (Wildman–Crippen LogP) is 5.95. The lowest BCUT2D eigenvalue weighted by Gasteiger charge is -2.14. The molecule has 4 rings (SSSR count). The molecule has 4 aromatic rings. The quantitative estimate of drug-likeness (QED) is 0.183. The average molecular weight is 555 g/mol. The Labute approximate surface area is 240 Å². The zero-order valence-electron chi connectivity index (χ0n) is 22.6. The van der Waals surface area contributed by atoms with Crippen LogP contribution in [0.5, 0.6) is 17.2 Å². The maximum absolute atomic E-state index is 12.9. The first kappa shape index (κ1) is 30.2. The van der Waals surface area contributed by atoms with Crippen LogP contribution in [-0.4, -0.2) is 39.1 Å². The number of rotatable bonds is 8. The summed E-state index contributed by atoms with van der Waals surface area (Å²) in [5.41, 5.74) is 10.7. The zero-order valence-corrected chi connectivity index (χ0v) is 22.6. The summed E-state index contributed by atoms with van der Waals surface area (Å²) >= 11 is 0. The maximum atomic E-state index is 12.9. The van der Waals surface area contributed by atoms with Crippen LogP contribution in [-0.2, 0) is 0 Å². The van der Waals surface area contributed by atoms with Gasteiger partial charge >= 0.3 is 0 Å². The molecule has 4 aromatic carbocycles. The Hall–Kier alpha value is -5.31. The summed E-state index contributed by atoms with van der Waals surface area (Å²) in [5.74, 6) is 0.126. The third kappa shape index (κ3) is 7.21. The van der Waals surface area contributed by atoms with Gasteiger partial charge in [0.1, 0.15) is 0 Å². The van der Waals surface area contributed by atoms with Crippen molar-refractivity contribution in [2.45, 2.75) is 14.4 Å².